The molecule has 0 fully saturated rings. The number of non-ortho nitro benzene ring substituents is 1. The van der Waals surface area contributed by atoms with E-state index in [2.05, 4.69) is 26.1 Å². The van der Waals surface area contributed by atoms with Gasteiger partial charge in [-0.3, -0.25) is 14.9 Å². The van der Waals surface area contributed by atoms with Crippen LogP contribution in [0.5, 0.6) is 5.75 Å². The molecule has 0 spiro atoms. The number of carbonyl (C=O) groups excluding carboxylic acids is 1. The highest BCUT2D eigenvalue weighted by atomic mass is 16.6. The molecule has 1 aromatic heterocycles. The Labute approximate surface area is 197 Å². The minimum absolute atomic E-state index is 0.00368. The monoisotopic (exact) mass is 468 g/mol. The van der Waals surface area contributed by atoms with Crippen molar-refractivity contribution in [2.75, 3.05) is 6.61 Å². The second-order valence-corrected chi connectivity index (χ2v) is 8.89. The molecule has 0 saturated heterocycles. The number of nitro groups is 1. The van der Waals surface area contributed by atoms with Crippen molar-refractivity contribution in [1.29, 1.82) is 0 Å². The van der Waals surface area contributed by atoms with Crippen molar-refractivity contribution in [3.05, 3.63) is 93.4 Å². The zero-order valence-corrected chi connectivity index (χ0v) is 19.2. The van der Waals surface area contributed by atoms with Gasteiger partial charge < -0.3 is 24.7 Å². The number of nitrogens with zero attached hydrogens (tertiary/aromatic N) is 1. The molecule has 0 radical (unpaired) electrons. The summed E-state index contributed by atoms with van der Waals surface area (Å²) in [6.07, 6.45) is -1.27. The molecule has 3 rings (SSSR count). The van der Waals surface area contributed by atoms with Crippen LogP contribution in [0.3, 0.4) is 0 Å². The first-order chi connectivity index (χ1) is 16.1. The number of aliphatic hydroxyl groups excluding tert-OH is 2. The average Bonchev–Trinajstić information content (AvgIpc) is 3.29. The lowest BCUT2D eigenvalue weighted by atomic mass is 9.87. The summed E-state index contributed by atoms with van der Waals surface area (Å²) in [6.45, 7) is 5.96. The molecule has 0 saturated carbocycles. The second-order valence-electron chi connectivity index (χ2n) is 8.89. The summed E-state index contributed by atoms with van der Waals surface area (Å²) in [5, 5.41) is 33.4. The van der Waals surface area contributed by atoms with Gasteiger partial charge in [0, 0.05) is 12.1 Å². The zero-order valence-electron chi connectivity index (χ0n) is 19.2. The maximum Gasteiger partial charge on any atom is 0.287 e. The van der Waals surface area contributed by atoms with E-state index in [-0.39, 0.29) is 23.5 Å². The van der Waals surface area contributed by atoms with Crippen LogP contribution in [0.2, 0.25) is 0 Å². The van der Waals surface area contributed by atoms with Gasteiger partial charge in [-0.2, -0.15) is 0 Å². The van der Waals surface area contributed by atoms with Crippen LogP contribution < -0.4 is 10.1 Å². The molecular formula is C25H28N2O7. The highest BCUT2D eigenvalue weighted by molar-refractivity contribution is 5.91. The summed E-state index contributed by atoms with van der Waals surface area (Å²) in [4.78, 5) is 22.8. The molecular weight excluding hydrogens is 440 g/mol. The minimum Gasteiger partial charge on any atom is -0.486 e. The minimum atomic E-state index is -1.27. The number of carbonyl (C=O) groups is 1. The number of benzene rings is 2. The Hall–Kier alpha value is -3.69. The first kappa shape index (κ1) is 24.9. The Kier molecular flexibility index (Phi) is 7.70. The molecule has 2 unspecified atom stereocenters. The molecule has 9 heteroatoms. The van der Waals surface area contributed by atoms with Crippen molar-refractivity contribution in [1.82, 2.24) is 5.32 Å². The van der Waals surface area contributed by atoms with E-state index in [1.54, 1.807) is 6.07 Å². The van der Waals surface area contributed by atoms with Crippen molar-refractivity contribution in [3.63, 3.8) is 0 Å². The van der Waals surface area contributed by atoms with Crippen molar-refractivity contribution in [2.45, 2.75) is 44.9 Å². The fourth-order valence-corrected chi connectivity index (χ4v) is 3.27. The Morgan fingerprint density at radius 2 is 1.74 bits per heavy atom. The highest BCUT2D eigenvalue weighted by Crippen LogP contribution is 2.25. The van der Waals surface area contributed by atoms with Gasteiger partial charge in [0.05, 0.1) is 17.6 Å². The maximum atomic E-state index is 12.6. The average molecular weight is 469 g/mol. The summed E-state index contributed by atoms with van der Waals surface area (Å²) in [5.41, 5.74) is 1.42. The number of aliphatic hydroxyl groups is 2. The summed E-state index contributed by atoms with van der Waals surface area (Å²) < 4.78 is 11.3. The Morgan fingerprint density at radius 1 is 1.09 bits per heavy atom. The van der Waals surface area contributed by atoms with Gasteiger partial charge in [-0.25, -0.2) is 0 Å². The third kappa shape index (κ3) is 6.21. The zero-order chi connectivity index (χ0) is 24.9. The number of nitrogens with one attached hydrogen (secondary N) is 1. The third-order valence-electron chi connectivity index (χ3n) is 5.33. The first-order valence-electron chi connectivity index (χ1n) is 10.7. The molecule has 0 bridgehead atoms. The van der Waals surface area contributed by atoms with E-state index in [9.17, 15) is 25.1 Å². The van der Waals surface area contributed by atoms with Crippen LogP contribution in [0.15, 0.2) is 65.1 Å². The Morgan fingerprint density at radius 3 is 2.29 bits per heavy atom. The summed E-state index contributed by atoms with van der Waals surface area (Å²) in [7, 11) is 0. The molecule has 3 aromatic rings. The predicted molar refractivity (Wildman–Crippen MR) is 125 cm³/mol. The molecule has 0 aliphatic heterocycles. The number of nitro benzene ring substituents is 1. The van der Waals surface area contributed by atoms with E-state index < -0.39 is 29.6 Å². The van der Waals surface area contributed by atoms with Gasteiger partial charge in [0.1, 0.15) is 24.2 Å². The molecule has 2 atom stereocenters. The smallest absolute Gasteiger partial charge is 0.287 e. The first-order valence-corrected chi connectivity index (χ1v) is 10.7. The van der Waals surface area contributed by atoms with Gasteiger partial charge >= 0.3 is 0 Å². The van der Waals surface area contributed by atoms with Crippen molar-refractivity contribution < 1.29 is 29.1 Å². The van der Waals surface area contributed by atoms with Crippen molar-refractivity contribution in [3.8, 4) is 5.75 Å². The lowest BCUT2D eigenvalue weighted by Gasteiger charge is -2.22. The normalized spacial score (nSPS) is 13.2. The van der Waals surface area contributed by atoms with Crippen LogP contribution in [0.4, 0.5) is 5.69 Å². The van der Waals surface area contributed by atoms with E-state index >= 15 is 0 Å². The number of rotatable bonds is 9. The molecule has 3 N–H and O–H groups in total. The van der Waals surface area contributed by atoms with Gasteiger partial charge in [-0.1, -0.05) is 32.9 Å². The number of amides is 1. The van der Waals surface area contributed by atoms with E-state index in [0.717, 1.165) is 0 Å². The third-order valence-corrected chi connectivity index (χ3v) is 5.33. The predicted octanol–water partition coefficient (Wildman–Crippen LogP) is 3.89. The maximum absolute atomic E-state index is 12.6. The van der Waals surface area contributed by atoms with Crippen LogP contribution in [0.1, 0.15) is 54.3 Å². The molecule has 1 heterocycles. The van der Waals surface area contributed by atoms with E-state index in [1.807, 2.05) is 24.3 Å². The Balaban J connectivity index is 1.58. The lowest BCUT2D eigenvalue weighted by molar-refractivity contribution is -0.384. The fourth-order valence-electron chi connectivity index (χ4n) is 3.27. The molecule has 1 amide bonds. The Bertz CT molecular complexity index is 1120. The van der Waals surface area contributed by atoms with E-state index in [4.69, 9.17) is 9.15 Å². The summed E-state index contributed by atoms with van der Waals surface area (Å²) in [5.74, 6) is 0.473. The van der Waals surface area contributed by atoms with Crippen molar-refractivity contribution in [2.24, 2.45) is 0 Å². The topological polar surface area (TPSA) is 135 Å². The molecule has 180 valence electrons. The molecule has 34 heavy (non-hydrogen) atoms. The van der Waals surface area contributed by atoms with Crippen molar-refractivity contribution >= 4 is 11.6 Å². The van der Waals surface area contributed by atoms with Crippen LogP contribution in [-0.4, -0.2) is 33.7 Å². The second kappa shape index (κ2) is 10.5. The number of hydrogen-bond donors (Lipinski definition) is 3. The number of hydrogen-bond acceptors (Lipinski definition) is 7. The van der Waals surface area contributed by atoms with Crippen LogP contribution in [0, 0.1) is 10.1 Å². The summed E-state index contributed by atoms with van der Waals surface area (Å²) in [6, 6.07) is 15.0. The van der Waals surface area contributed by atoms with E-state index in [0.29, 0.717) is 17.1 Å². The molecule has 0 aliphatic carbocycles. The van der Waals surface area contributed by atoms with Gasteiger partial charge in [0.25, 0.3) is 11.6 Å². The van der Waals surface area contributed by atoms with Crippen LogP contribution in [-0.2, 0) is 12.0 Å². The quantitative estimate of drug-likeness (QED) is 0.320. The summed E-state index contributed by atoms with van der Waals surface area (Å²) >= 11 is 0. The van der Waals surface area contributed by atoms with Crippen LogP contribution >= 0.6 is 0 Å². The van der Waals surface area contributed by atoms with Gasteiger partial charge in [-0.15, -0.1) is 0 Å². The lowest BCUT2D eigenvalue weighted by Crippen LogP contribution is -2.41. The molecule has 2 aromatic carbocycles. The van der Waals surface area contributed by atoms with Gasteiger partial charge in [0.2, 0.25) is 0 Å². The fraction of sp³-hybridized carbons (Fsp3) is 0.320. The van der Waals surface area contributed by atoms with Gasteiger partial charge in [-0.05, 0) is 52.9 Å². The number of furan rings is 1. The molecule has 0 aliphatic rings. The molecule has 9 nitrogen and oxygen atoms in total. The SMILES string of the molecule is CC(C)(C)c1ccc(OCc2ccc(C(=O)NC(CO)C(O)c3ccc([N+](=O)[O-])cc3)o2)cc1. The number of ether oxygens (including phenoxy) is 1. The highest BCUT2D eigenvalue weighted by Gasteiger charge is 2.24. The standard InChI is InChI=1S/C25H28N2O7/c1-25(2,3)17-6-10-19(11-7-17)33-15-20-12-13-22(34-20)24(30)26-21(14-28)23(29)16-4-8-18(9-5-16)27(31)32/h4-13,21,23,28-29H,14-15H2,1-3H3,(H,26,30). The van der Waals surface area contributed by atoms with Crippen LogP contribution in [0.25, 0.3) is 0 Å². The largest absolute Gasteiger partial charge is 0.486 e. The van der Waals surface area contributed by atoms with Gasteiger partial charge in [0.15, 0.2) is 5.76 Å². The van der Waals surface area contributed by atoms with E-state index in [1.165, 1.54) is 35.9 Å².